The van der Waals surface area contributed by atoms with Gasteiger partial charge in [0.15, 0.2) is 0 Å². The molecule has 2 N–H and O–H groups in total. The van der Waals surface area contributed by atoms with Crippen LogP contribution in [0, 0.1) is 0 Å². The molecule has 3 rings (SSSR count). The molecule has 2 heterocycles. The number of pyridine rings is 2. The third-order valence-electron chi connectivity index (χ3n) is 3.83. The first kappa shape index (κ1) is 17.9. The lowest BCUT2D eigenvalue weighted by molar-refractivity contribution is 0.0954. The molecule has 6 heteroatoms. The topological polar surface area (TPSA) is 66.9 Å². The normalized spacial score (nSPS) is 10.3. The highest BCUT2D eigenvalue weighted by atomic mass is 35.5. The maximum absolute atomic E-state index is 12.3. The van der Waals surface area contributed by atoms with Gasteiger partial charge in [-0.2, -0.15) is 0 Å². The fourth-order valence-electron chi connectivity index (χ4n) is 2.48. The van der Waals surface area contributed by atoms with E-state index in [4.69, 9.17) is 11.6 Å². The second-order valence-corrected chi connectivity index (χ2v) is 6.21. The standard InChI is InChI=1S/C20H19ClN4O/c21-18-3-1-2-15(12-18)6-10-24-20(26)17-7-11-23-19(13-17)25-14-16-4-8-22-9-5-16/h1-5,7-9,11-13H,6,10,14H2,(H,23,25)(H,24,26). The van der Waals surface area contributed by atoms with Crippen molar-refractivity contribution in [3.8, 4) is 0 Å². The van der Waals surface area contributed by atoms with Crippen LogP contribution >= 0.6 is 11.6 Å². The average molecular weight is 367 g/mol. The number of halogens is 1. The SMILES string of the molecule is O=C(NCCc1cccc(Cl)c1)c1ccnc(NCc2ccncc2)c1. The smallest absolute Gasteiger partial charge is 0.251 e. The van der Waals surface area contributed by atoms with Crippen LogP contribution in [0.1, 0.15) is 21.5 Å². The number of benzene rings is 1. The largest absolute Gasteiger partial charge is 0.366 e. The van der Waals surface area contributed by atoms with Gasteiger partial charge < -0.3 is 10.6 Å². The van der Waals surface area contributed by atoms with E-state index in [0.29, 0.717) is 29.5 Å². The number of hydrogen-bond acceptors (Lipinski definition) is 4. The number of nitrogens with one attached hydrogen (secondary N) is 2. The number of aromatic nitrogens is 2. The van der Waals surface area contributed by atoms with E-state index >= 15 is 0 Å². The molecule has 26 heavy (non-hydrogen) atoms. The van der Waals surface area contributed by atoms with E-state index in [1.807, 2.05) is 36.4 Å². The Hall–Kier alpha value is -2.92. The third-order valence-corrected chi connectivity index (χ3v) is 4.07. The molecule has 0 bridgehead atoms. The van der Waals surface area contributed by atoms with Crippen molar-refractivity contribution in [2.75, 3.05) is 11.9 Å². The van der Waals surface area contributed by atoms with E-state index in [1.165, 1.54) is 0 Å². The molecule has 0 saturated heterocycles. The molecule has 0 atom stereocenters. The molecule has 3 aromatic rings. The van der Waals surface area contributed by atoms with E-state index in [1.54, 1.807) is 30.7 Å². The first-order valence-corrected chi connectivity index (χ1v) is 8.70. The molecule has 0 fully saturated rings. The maximum Gasteiger partial charge on any atom is 0.251 e. The maximum atomic E-state index is 12.3. The highest BCUT2D eigenvalue weighted by molar-refractivity contribution is 6.30. The van der Waals surface area contributed by atoms with Gasteiger partial charge >= 0.3 is 0 Å². The van der Waals surface area contributed by atoms with Gasteiger partial charge in [0.25, 0.3) is 5.91 Å². The van der Waals surface area contributed by atoms with Crippen LogP contribution in [0.3, 0.4) is 0 Å². The Morgan fingerprint density at radius 3 is 2.65 bits per heavy atom. The molecule has 1 amide bonds. The zero-order valence-corrected chi connectivity index (χ0v) is 14.9. The summed E-state index contributed by atoms with van der Waals surface area (Å²) < 4.78 is 0. The minimum atomic E-state index is -0.124. The van der Waals surface area contributed by atoms with Crippen LogP contribution in [0.25, 0.3) is 0 Å². The Morgan fingerprint density at radius 1 is 1.00 bits per heavy atom. The van der Waals surface area contributed by atoms with Crippen LogP contribution in [0.2, 0.25) is 5.02 Å². The second-order valence-electron chi connectivity index (χ2n) is 5.77. The van der Waals surface area contributed by atoms with Crippen LogP contribution in [-0.4, -0.2) is 22.4 Å². The lowest BCUT2D eigenvalue weighted by Crippen LogP contribution is -2.25. The van der Waals surface area contributed by atoms with Crippen molar-refractivity contribution in [1.82, 2.24) is 15.3 Å². The molecule has 0 aliphatic rings. The van der Waals surface area contributed by atoms with E-state index in [-0.39, 0.29) is 5.91 Å². The fourth-order valence-corrected chi connectivity index (χ4v) is 2.69. The first-order valence-electron chi connectivity index (χ1n) is 8.32. The molecule has 0 aliphatic carbocycles. The molecular formula is C20H19ClN4O. The summed E-state index contributed by atoms with van der Waals surface area (Å²) in [6.07, 6.45) is 5.84. The highest BCUT2D eigenvalue weighted by Gasteiger charge is 2.07. The fraction of sp³-hybridized carbons (Fsp3) is 0.150. The van der Waals surface area contributed by atoms with Gasteiger partial charge in [0.1, 0.15) is 5.82 Å². The number of carbonyl (C=O) groups excluding carboxylic acids is 1. The summed E-state index contributed by atoms with van der Waals surface area (Å²) in [5, 5.41) is 6.83. The van der Waals surface area contributed by atoms with Crippen LogP contribution in [0.4, 0.5) is 5.82 Å². The predicted octanol–water partition coefficient (Wildman–Crippen LogP) is 3.71. The van der Waals surface area contributed by atoms with E-state index in [2.05, 4.69) is 20.6 Å². The Bertz CT molecular complexity index is 870. The molecular weight excluding hydrogens is 348 g/mol. The average Bonchev–Trinajstić information content (AvgIpc) is 2.67. The minimum absolute atomic E-state index is 0.124. The molecule has 0 radical (unpaired) electrons. The van der Waals surface area contributed by atoms with Crippen LogP contribution in [0.15, 0.2) is 67.1 Å². The van der Waals surface area contributed by atoms with Crippen LogP contribution < -0.4 is 10.6 Å². The molecule has 1 aromatic carbocycles. The number of rotatable bonds is 7. The Kier molecular flexibility index (Phi) is 6.17. The molecule has 5 nitrogen and oxygen atoms in total. The van der Waals surface area contributed by atoms with Crippen molar-refractivity contribution >= 4 is 23.3 Å². The molecule has 0 aliphatic heterocycles. The highest BCUT2D eigenvalue weighted by Crippen LogP contribution is 2.11. The van der Waals surface area contributed by atoms with E-state index < -0.39 is 0 Å². The molecule has 2 aromatic heterocycles. The van der Waals surface area contributed by atoms with Crippen molar-refractivity contribution in [2.24, 2.45) is 0 Å². The van der Waals surface area contributed by atoms with Crippen LogP contribution in [-0.2, 0) is 13.0 Å². The van der Waals surface area contributed by atoms with Gasteiger partial charge in [-0.05, 0) is 53.9 Å². The molecule has 0 unspecified atom stereocenters. The van der Waals surface area contributed by atoms with Crippen LogP contribution in [0.5, 0.6) is 0 Å². The number of nitrogens with zero attached hydrogens (tertiary/aromatic N) is 2. The van der Waals surface area contributed by atoms with Gasteiger partial charge in [0, 0.05) is 42.3 Å². The van der Waals surface area contributed by atoms with Gasteiger partial charge in [-0.3, -0.25) is 9.78 Å². The molecule has 0 saturated carbocycles. The van der Waals surface area contributed by atoms with Gasteiger partial charge in [0.05, 0.1) is 0 Å². The lowest BCUT2D eigenvalue weighted by atomic mass is 10.1. The summed E-state index contributed by atoms with van der Waals surface area (Å²) in [7, 11) is 0. The van der Waals surface area contributed by atoms with Crippen molar-refractivity contribution in [1.29, 1.82) is 0 Å². The number of amides is 1. The quantitative estimate of drug-likeness (QED) is 0.668. The zero-order chi connectivity index (χ0) is 18.2. The third kappa shape index (κ3) is 5.29. The minimum Gasteiger partial charge on any atom is -0.366 e. The summed E-state index contributed by atoms with van der Waals surface area (Å²) in [5.41, 5.74) is 2.76. The number of hydrogen-bond donors (Lipinski definition) is 2. The number of anilines is 1. The Labute approximate surface area is 157 Å². The second kappa shape index (κ2) is 8.97. The van der Waals surface area contributed by atoms with E-state index in [0.717, 1.165) is 17.5 Å². The zero-order valence-electron chi connectivity index (χ0n) is 14.2. The summed E-state index contributed by atoms with van der Waals surface area (Å²) in [5.74, 6) is 0.533. The molecule has 0 spiro atoms. The van der Waals surface area contributed by atoms with Gasteiger partial charge in [0.2, 0.25) is 0 Å². The van der Waals surface area contributed by atoms with Gasteiger partial charge in [-0.15, -0.1) is 0 Å². The van der Waals surface area contributed by atoms with Crippen molar-refractivity contribution < 1.29 is 4.79 Å². The summed E-state index contributed by atoms with van der Waals surface area (Å²) in [6, 6.07) is 14.9. The predicted molar refractivity (Wildman–Crippen MR) is 103 cm³/mol. The van der Waals surface area contributed by atoms with Crippen molar-refractivity contribution in [3.63, 3.8) is 0 Å². The van der Waals surface area contributed by atoms with Crippen molar-refractivity contribution in [2.45, 2.75) is 13.0 Å². The summed E-state index contributed by atoms with van der Waals surface area (Å²) in [4.78, 5) is 20.6. The van der Waals surface area contributed by atoms with E-state index in [9.17, 15) is 4.79 Å². The summed E-state index contributed by atoms with van der Waals surface area (Å²) in [6.45, 7) is 1.16. The van der Waals surface area contributed by atoms with Gasteiger partial charge in [-0.25, -0.2) is 4.98 Å². The Morgan fingerprint density at radius 2 is 1.85 bits per heavy atom. The lowest BCUT2D eigenvalue weighted by Gasteiger charge is -2.09. The molecule has 132 valence electrons. The number of carbonyl (C=O) groups is 1. The first-order chi connectivity index (χ1) is 12.7. The Balaban J connectivity index is 1.52. The summed E-state index contributed by atoms with van der Waals surface area (Å²) >= 11 is 5.97. The van der Waals surface area contributed by atoms with Gasteiger partial charge in [-0.1, -0.05) is 23.7 Å². The monoisotopic (exact) mass is 366 g/mol. The van der Waals surface area contributed by atoms with Crippen molar-refractivity contribution in [3.05, 3.63) is 88.8 Å².